The van der Waals surface area contributed by atoms with Crippen LogP contribution in [0.1, 0.15) is 42.5 Å². The Balaban J connectivity index is 2.62. The van der Waals surface area contributed by atoms with Gasteiger partial charge in [0, 0.05) is 18.2 Å². The number of fused-ring (bicyclic) bond motifs is 1. The summed E-state index contributed by atoms with van der Waals surface area (Å²) in [5.41, 5.74) is 3.78. The largest absolute Gasteiger partial charge is 0.507 e. The highest BCUT2D eigenvalue weighted by Crippen LogP contribution is 2.43. The zero-order valence-corrected chi connectivity index (χ0v) is 11.9. The van der Waals surface area contributed by atoms with E-state index in [0.29, 0.717) is 12.4 Å². The summed E-state index contributed by atoms with van der Waals surface area (Å²) in [5, 5.41) is 10.3. The van der Waals surface area contributed by atoms with Gasteiger partial charge in [0.25, 0.3) is 0 Å². The summed E-state index contributed by atoms with van der Waals surface area (Å²) in [7, 11) is 1.65. The molecule has 1 N–H and O–H groups in total. The van der Waals surface area contributed by atoms with E-state index in [1.54, 1.807) is 7.11 Å². The Morgan fingerprint density at radius 2 is 1.94 bits per heavy atom. The van der Waals surface area contributed by atoms with Crippen LogP contribution in [-0.2, 0) is 17.8 Å². The molecule has 3 heteroatoms. The highest BCUT2D eigenvalue weighted by Gasteiger charge is 2.31. The van der Waals surface area contributed by atoms with E-state index in [2.05, 4.69) is 13.8 Å². The van der Waals surface area contributed by atoms with Crippen molar-refractivity contribution in [1.82, 2.24) is 0 Å². The fourth-order valence-corrected chi connectivity index (χ4v) is 2.54. The third kappa shape index (κ3) is 2.07. The standard InChI is InChI=1S/C15H22O3/c1-9-10(2)14-11(6-7-15(3,4)18-14)12(8-17-5)13(9)16/h16H,6-8H2,1-5H3. The molecule has 1 aliphatic heterocycles. The highest BCUT2D eigenvalue weighted by atomic mass is 16.5. The minimum Gasteiger partial charge on any atom is -0.507 e. The van der Waals surface area contributed by atoms with E-state index in [9.17, 15) is 5.11 Å². The molecule has 0 atom stereocenters. The minimum absolute atomic E-state index is 0.133. The quantitative estimate of drug-likeness (QED) is 0.875. The highest BCUT2D eigenvalue weighted by molar-refractivity contribution is 5.58. The van der Waals surface area contributed by atoms with Crippen LogP contribution in [0.3, 0.4) is 0 Å². The second kappa shape index (κ2) is 4.47. The van der Waals surface area contributed by atoms with Gasteiger partial charge in [0.05, 0.1) is 6.61 Å². The molecule has 0 saturated carbocycles. The van der Waals surface area contributed by atoms with Gasteiger partial charge in [0.1, 0.15) is 17.1 Å². The Morgan fingerprint density at radius 3 is 2.56 bits per heavy atom. The zero-order valence-electron chi connectivity index (χ0n) is 11.9. The first-order valence-corrected chi connectivity index (χ1v) is 6.39. The average molecular weight is 250 g/mol. The Kier molecular flexibility index (Phi) is 3.28. The van der Waals surface area contributed by atoms with Gasteiger partial charge in [-0.3, -0.25) is 0 Å². The van der Waals surface area contributed by atoms with Gasteiger partial charge in [-0.05, 0) is 51.7 Å². The third-order valence-corrected chi connectivity index (χ3v) is 3.83. The van der Waals surface area contributed by atoms with Crippen molar-refractivity contribution in [1.29, 1.82) is 0 Å². The molecule has 0 bridgehead atoms. The van der Waals surface area contributed by atoms with Crippen molar-refractivity contribution in [2.45, 2.75) is 52.7 Å². The maximum Gasteiger partial charge on any atom is 0.127 e. The summed E-state index contributed by atoms with van der Waals surface area (Å²) in [4.78, 5) is 0. The molecule has 0 saturated heterocycles. The molecule has 0 aromatic heterocycles. The van der Waals surface area contributed by atoms with Crippen LogP contribution in [0.25, 0.3) is 0 Å². The van der Waals surface area contributed by atoms with Crippen LogP contribution in [0.4, 0.5) is 0 Å². The molecule has 3 nitrogen and oxygen atoms in total. The van der Waals surface area contributed by atoms with Gasteiger partial charge in [0.2, 0.25) is 0 Å². The molecule has 1 aliphatic rings. The van der Waals surface area contributed by atoms with Crippen molar-refractivity contribution in [3.63, 3.8) is 0 Å². The molecule has 0 unspecified atom stereocenters. The number of rotatable bonds is 2. The SMILES string of the molecule is COCc1c(O)c(C)c(C)c2c1CCC(C)(C)O2. The molecular formula is C15H22O3. The summed E-state index contributed by atoms with van der Waals surface area (Å²) in [6, 6.07) is 0. The normalized spacial score (nSPS) is 17.2. The predicted molar refractivity (Wildman–Crippen MR) is 71.3 cm³/mol. The number of hydrogen-bond acceptors (Lipinski definition) is 3. The monoisotopic (exact) mass is 250 g/mol. The van der Waals surface area contributed by atoms with E-state index in [-0.39, 0.29) is 5.60 Å². The summed E-state index contributed by atoms with van der Waals surface area (Å²) in [6.07, 6.45) is 1.88. The molecule has 1 aromatic carbocycles. The van der Waals surface area contributed by atoms with Crippen molar-refractivity contribution in [2.24, 2.45) is 0 Å². The summed E-state index contributed by atoms with van der Waals surface area (Å²) >= 11 is 0. The van der Waals surface area contributed by atoms with Crippen LogP contribution in [0, 0.1) is 13.8 Å². The lowest BCUT2D eigenvalue weighted by atomic mass is 9.88. The summed E-state index contributed by atoms with van der Waals surface area (Å²) in [5.74, 6) is 1.30. The summed E-state index contributed by atoms with van der Waals surface area (Å²) < 4.78 is 11.3. The molecule has 0 radical (unpaired) electrons. The van der Waals surface area contributed by atoms with Gasteiger partial charge in [-0.25, -0.2) is 0 Å². The lowest BCUT2D eigenvalue weighted by Crippen LogP contribution is -2.33. The van der Waals surface area contributed by atoms with Crippen LogP contribution < -0.4 is 4.74 Å². The second-order valence-corrected chi connectivity index (χ2v) is 5.68. The van der Waals surface area contributed by atoms with Crippen molar-refractivity contribution in [2.75, 3.05) is 7.11 Å². The maximum absolute atomic E-state index is 10.3. The van der Waals surface area contributed by atoms with E-state index < -0.39 is 0 Å². The lowest BCUT2D eigenvalue weighted by Gasteiger charge is -2.35. The molecule has 0 fully saturated rings. The summed E-state index contributed by atoms with van der Waals surface area (Å²) in [6.45, 7) is 8.57. The first kappa shape index (κ1) is 13.2. The fraction of sp³-hybridized carbons (Fsp3) is 0.600. The third-order valence-electron chi connectivity index (χ3n) is 3.83. The predicted octanol–water partition coefficient (Wildman–Crippen LogP) is 3.26. The molecule has 0 aliphatic carbocycles. The lowest BCUT2D eigenvalue weighted by molar-refractivity contribution is 0.0817. The van der Waals surface area contributed by atoms with Gasteiger partial charge < -0.3 is 14.6 Å². The number of methoxy groups -OCH3 is 1. The van der Waals surface area contributed by atoms with Gasteiger partial charge in [-0.1, -0.05) is 0 Å². The second-order valence-electron chi connectivity index (χ2n) is 5.68. The molecular weight excluding hydrogens is 228 g/mol. The minimum atomic E-state index is -0.133. The van der Waals surface area contributed by atoms with E-state index in [1.165, 1.54) is 0 Å². The van der Waals surface area contributed by atoms with Gasteiger partial charge in [-0.2, -0.15) is 0 Å². The maximum atomic E-state index is 10.3. The fourth-order valence-electron chi connectivity index (χ4n) is 2.54. The number of benzene rings is 1. The molecule has 0 amide bonds. The van der Waals surface area contributed by atoms with Gasteiger partial charge in [0.15, 0.2) is 0 Å². The van der Waals surface area contributed by atoms with Crippen molar-refractivity contribution in [3.05, 3.63) is 22.3 Å². The molecule has 18 heavy (non-hydrogen) atoms. The first-order valence-electron chi connectivity index (χ1n) is 6.39. The Morgan fingerprint density at radius 1 is 1.28 bits per heavy atom. The molecule has 1 heterocycles. The van der Waals surface area contributed by atoms with Crippen LogP contribution in [0.5, 0.6) is 11.5 Å². The van der Waals surface area contributed by atoms with E-state index >= 15 is 0 Å². The van der Waals surface area contributed by atoms with Crippen molar-refractivity contribution < 1.29 is 14.6 Å². The molecule has 0 spiro atoms. The Labute approximate surface area is 109 Å². The van der Waals surface area contributed by atoms with E-state index in [4.69, 9.17) is 9.47 Å². The van der Waals surface area contributed by atoms with E-state index in [0.717, 1.165) is 40.8 Å². The number of ether oxygens (including phenoxy) is 2. The smallest absolute Gasteiger partial charge is 0.127 e. The first-order chi connectivity index (χ1) is 8.37. The van der Waals surface area contributed by atoms with Crippen LogP contribution in [0.15, 0.2) is 0 Å². The topological polar surface area (TPSA) is 38.7 Å². The number of phenols is 1. The zero-order chi connectivity index (χ0) is 13.5. The molecule has 100 valence electrons. The van der Waals surface area contributed by atoms with Crippen LogP contribution >= 0.6 is 0 Å². The molecule has 2 rings (SSSR count). The van der Waals surface area contributed by atoms with Gasteiger partial charge >= 0.3 is 0 Å². The Bertz CT molecular complexity index is 475. The van der Waals surface area contributed by atoms with Crippen molar-refractivity contribution in [3.8, 4) is 11.5 Å². The van der Waals surface area contributed by atoms with Gasteiger partial charge in [-0.15, -0.1) is 0 Å². The molecule has 1 aromatic rings. The van der Waals surface area contributed by atoms with E-state index in [1.807, 2.05) is 13.8 Å². The van der Waals surface area contributed by atoms with Crippen molar-refractivity contribution >= 4 is 0 Å². The Hall–Kier alpha value is -1.22. The van der Waals surface area contributed by atoms with Crippen LogP contribution in [-0.4, -0.2) is 17.8 Å². The average Bonchev–Trinajstić information content (AvgIpc) is 2.31. The number of phenolic OH excluding ortho intramolecular Hbond substituents is 1. The van der Waals surface area contributed by atoms with Crippen LogP contribution in [0.2, 0.25) is 0 Å². The number of aromatic hydroxyl groups is 1. The number of hydrogen-bond donors (Lipinski definition) is 1.